The summed E-state index contributed by atoms with van der Waals surface area (Å²) in [6.45, 7) is 0. The van der Waals surface area contributed by atoms with Gasteiger partial charge in [0.05, 0.1) is 10.0 Å². The van der Waals surface area contributed by atoms with Gasteiger partial charge in [-0.05, 0) is 28.8 Å². The zero-order chi connectivity index (χ0) is 11.4. The van der Waals surface area contributed by atoms with Gasteiger partial charge in [0.1, 0.15) is 0 Å². The summed E-state index contributed by atoms with van der Waals surface area (Å²) in [4.78, 5) is 8.48. The van der Waals surface area contributed by atoms with Gasteiger partial charge in [-0.3, -0.25) is 0 Å². The van der Waals surface area contributed by atoms with Gasteiger partial charge in [0.2, 0.25) is 5.95 Å². The molecule has 0 amide bonds. The third-order valence-corrected chi connectivity index (χ3v) is 3.98. The molecule has 3 nitrogen and oxygen atoms in total. The molecule has 1 aromatic rings. The Labute approximate surface area is 109 Å². The first kappa shape index (κ1) is 12.1. The molecular weight excluding hydrogens is 289 g/mol. The third kappa shape index (κ3) is 2.86. The summed E-state index contributed by atoms with van der Waals surface area (Å²) in [5.74, 6) is 1.29. The molecule has 0 aromatic carbocycles. The van der Waals surface area contributed by atoms with Crippen molar-refractivity contribution in [3.8, 4) is 0 Å². The lowest BCUT2D eigenvalue weighted by atomic mass is 9.83. The van der Waals surface area contributed by atoms with Gasteiger partial charge in [-0.1, -0.05) is 19.3 Å². The Morgan fingerprint density at radius 3 is 2.44 bits per heavy atom. The highest BCUT2D eigenvalue weighted by Crippen LogP contribution is 2.31. The molecule has 1 N–H and O–H groups in total. The number of anilines is 1. The topological polar surface area (TPSA) is 37.8 Å². The average Bonchev–Trinajstić information content (AvgIpc) is 2.33. The Hall–Kier alpha value is -0.350. The van der Waals surface area contributed by atoms with Crippen LogP contribution in [0.1, 0.15) is 32.1 Å². The summed E-state index contributed by atoms with van der Waals surface area (Å²) in [6, 6.07) is 0. The minimum absolute atomic E-state index is 0.00631. The van der Waals surface area contributed by atoms with Gasteiger partial charge in [0.25, 0.3) is 0 Å². The van der Waals surface area contributed by atoms with Gasteiger partial charge < -0.3 is 5.32 Å². The number of alkyl halides is 1. The number of nitrogens with zero attached hydrogens (tertiary/aromatic N) is 2. The van der Waals surface area contributed by atoms with Crippen LogP contribution in [0.3, 0.4) is 0 Å². The van der Waals surface area contributed by atoms with Gasteiger partial charge >= 0.3 is 0 Å². The van der Waals surface area contributed by atoms with E-state index in [1.54, 1.807) is 12.4 Å². The van der Waals surface area contributed by atoms with Crippen LogP contribution in [-0.4, -0.2) is 21.4 Å². The zero-order valence-electron chi connectivity index (χ0n) is 9.05. The molecule has 1 aliphatic carbocycles. The molecule has 1 aliphatic rings. The van der Waals surface area contributed by atoms with E-state index in [0.717, 1.165) is 17.3 Å². The Balaban J connectivity index is 2.08. The van der Waals surface area contributed by atoms with Crippen LogP contribution in [0.25, 0.3) is 0 Å². The minimum Gasteiger partial charge on any atom is -0.348 e. The van der Waals surface area contributed by atoms with Crippen molar-refractivity contribution >= 4 is 33.5 Å². The lowest BCUT2D eigenvalue weighted by Crippen LogP contribution is -2.42. The number of aromatic nitrogens is 2. The van der Waals surface area contributed by atoms with E-state index in [9.17, 15) is 0 Å². The molecular formula is C11H15BrClN3. The lowest BCUT2D eigenvalue weighted by Gasteiger charge is -2.36. The molecule has 1 heterocycles. The van der Waals surface area contributed by atoms with Crippen molar-refractivity contribution in [3.63, 3.8) is 0 Å². The largest absolute Gasteiger partial charge is 0.348 e. The van der Waals surface area contributed by atoms with E-state index in [1.165, 1.54) is 19.3 Å². The standard InChI is InChI=1S/C11H15BrClN3/c12-9-6-14-10(15-7-9)16-11(8-13)4-2-1-3-5-11/h6-7H,1-5,8H2,(H,14,15,16). The fourth-order valence-electron chi connectivity index (χ4n) is 2.13. The van der Waals surface area contributed by atoms with E-state index in [0.29, 0.717) is 11.8 Å². The smallest absolute Gasteiger partial charge is 0.223 e. The number of rotatable bonds is 3. The predicted molar refractivity (Wildman–Crippen MR) is 69.9 cm³/mol. The highest BCUT2D eigenvalue weighted by Gasteiger charge is 2.31. The zero-order valence-corrected chi connectivity index (χ0v) is 11.4. The van der Waals surface area contributed by atoms with E-state index in [2.05, 4.69) is 31.2 Å². The lowest BCUT2D eigenvalue weighted by molar-refractivity contribution is 0.351. The molecule has 88 valence electrons. The van der Waals surface area contributed by atoms with E-state index in [1.807, 2.05) is 0 Å². The van der Waals surface area contributed by atoms with Crippen LogP contribution in [0.15, 0.2) is 16.9 Å². The van der Waals surface area contributed by atoms with E-state index < -0.39 is 0 Å². The molecule has 0 radical (unpaired) electrons. The van der Waals surface area contributed by atoms with Crippen LogP contribution in [0, 0.1) is 0 Å². The summed E-state index contributed by atoms with van der Waals surface area (Å²) >= 11 is 9.41. The number of hydrogen-bond acceptors (Lipinski definition) is 3. The predicted octanol–water partition coefficient (Wildman–Crippen LogP) is 3.59. The van der Waals surface area contributed by atoms with E-state index in [-0.39, 0.29) is 5.54 Å². The van der Waals surface area contributed by atoms with Crippen molar-refractivity contribution < 1.29 is 0 Å². The molecule has 0 atom stereocenters. The highest BCUT2D eigenvalue weighted by molar-refractivity contribution is 9.10. The molecule has 5 heteroatoms. The summed E-state index contributed by atoms with van der Waals surface area (Å²) in [7, 11) is 0. The molecule has 1 aromatic heterocycles. The number of nitrogens with one attached hydrogen (secondary N) is 1. The monoisotopic (exact) mass is 303 g/mol. The second kappa shape index (κ2) is 5.32. The van der Waals surface area contributed by atoms with Crippen molar-refractivity contribution in [2.75, 3.05) is 11.2 Å². The first-order valence-corrected chi connectivity index (χ1v) is 6.89. The normalized spacial score (nSPS) is 19.4. The third-order valence-electron chi connectivity index (χ3n) is 3.06. The van der Waals surface area contributed by atoms with Crippen molar-refractivity contribution in [1.29, 1.82) is 0 Å². The average molecular weight is 305 g/mol. The number of halogens is 2. The maximum atomic E-state index is 6.09. The van der Waals surface area contributed by atoms with Crippen LogP contribution in [0.4, 0.5) is 5.95 Å². The van der Waals surface area contributed by atoms with Crippen molar-refractivity contribution in [2.45, 2.75) is 37.6 Å². The first-order chi connectivity index (χ1) is 7.74. The fourth-order valence-corrected chi connectivity index (χ4v) is 2.67. The van der Waals surface area contributed by atoms with Crippen molar-refractivity contribution in [3.05, 3.63) is 16.9 Å². The van der Waals surface area contributed by atoms with Crippen LogP contribution in [0.2, 0.25) is 0 Å². The van der Waals surface area contributed by atoms with E-state index in [4.69, 9.17) is 11.6 Å². The SMILES string of the molecule is ClCC1(Nc2ncc(Br)cn2)CCCCC1. The summed E-state index contributed by atoms with van der Waals surface area (Å²) < 4.78 is 0.890. The Kier molecular flexibility index (Phi) is 4.03. The summed E-state index contributed by atoms with van der Waals surface area (Å²) in [6.07, 6.45) is 9.49. The van der Waals surface area contributed by atoms with Crippen LogP contribution < -0.4 is 5.32 Å². The van der Waals surface area contributed by atoms with Crippen LogP contribution in [-0.2, 0) is 0 Å². The van der Waals surface area contributed by atoms with Crippen molar-refractivity contribution in [2.24, 2.45) is 0 Å². The Morgan fingerprint density at radius 1 is 1.25 bits per heavy atom. The second-order valence-corrected chi connectivity index (χ2v) is 5.51. The van der Waals surface area contributed by atoms with Gasteiger partial charge in [0, 0.05) is 18.3 Å². The molecule has 2 rings (SSSR count). The molecule has 0 aliphatic heterocycles. The van der Waals surface area contributed by atoms with Crippen LogP contribution >= 0.6 is 27.5 Å². The second-order valence-electron chi connectivity index (χ2n) is 4.32. The first-order valence-electron chi connectivity index (χ1n) is 5.56. The van der Waals surface area contributed by atoms with E-state index >= 15 is 0 Å². The van der Waals surface area contributed by atoms with Gasteiger partial charge in [-0.2, -0.15) is 0 Å². The number of hydrogen-bond donors (Lipinski definition) is 1. The summed E-state index contributed by atoms with van der Waals surface area (Å²) in [5.41, 5.74) is -0.00631. The Bertz CT molecular complexity index is 336. The van der Waals surface area contributed by atoms with Gasteiger partial charge in [0.15, 0.2) is 0 Å². The molecule has 1 fully saturated rings. The fraction of sp³-hybridized carbons (Fsp3) is 0.636. The van der Waals surface area contributed by atoms with Crippen molar-refractivity contribution in [1.82, 2.24) is 9.97 Å². The maximum Gasteiger partial charge on any atom is 0.223 e. The maximum absolute atomic E-state index is 6.09. The molecule has 0 bridgehead atoms. The molecule has 1 saturated carbocycles. The Morgan fingerprint density at radius 2 is 1.88 bits per heavy atom. The highest BCUT2D eigenvalue weighted by atomic mass is 79.9. The quantitative estimate of drug-likeness (QED) is 0.867. The molecule has 0 unspecified atom stereocenters. The van der Waals surface area contributed by atoms with Crippen LogP contribution in [0.5, 0.6) is 0 Å². The van der Waals surface area contributed by atoms with Gasteiger partial charge in [-0.25, -0.2) is 9.97 Å². The minimum atomic E-state index is -0.00631. The molecule has 0 spiro atoms. The summed E-state index contributed by atoms with van der Waals surface area (Å²) in [5, 5.41) is 3.40. The van der Waals surface area contributed by atoms with Gasteiger partial charge in [-0.15, -0.1) is 11.6 Å². The molecule has 16 heavy (non-hydrogen) atoms. The molecule has 0 saturated heterocycles.